The molecule has 0 saturated carbocycles. The molecule has 0 aliphatic carbocycles. The fraction of sp³-hybridized carbons (Fsp3) is 0.385. The van der Waals surface area contributed by atoms with Crippen LogP contribution < -0.4 is 14.8 Å². The van der Waals surface area contributed by atoms with Crippen molar-refractivity contribution in [3.05, 3.63) is 17.7 Å². The zero-order valence-electron chi connectivity index (χ0n) is 10.6. The van der Waals surface area contributed by atoms with Crippen molar-refractivity contribution in [2.45, 2.75) is 19.8 Å². The van der Waals surface area contributed by atoms with Gasteiger partial charge in [0.1, 0.15) is 0 Å². The molecule has 0 atom stereocenters. The summed E-state index contributed by atoms with van der Waals surface area (Å²) in [4.78, 5) is 21.9. The number of aliphatic carboxylic acids is 1. The van der Waals surface area contributed by atoms with Gasteiger partial charge in [-0.15, -0.1) is 0 Å². The largest absolute Gasteiger partial charge is 0.490 e. The maximum atomic E-state index is 11.3. The lowest BCUT2D eigenvalue weighted by Gasteiger charge is -2.20. The van der Waals surface area contributed by atoms with Gasteiger partial charge >= 0.3 is 5.97 Å². The van der Waals surface area contributed by atoms with Gasteiger partial charge in [0.15, 0.2) is 18.1 Å². The minimum atomic E-state index is -1.07. The van der Waals surface area contributed by atoms with Crippen LogP contribution in [0.25, 0.3) is 0 Å². The molecule has 2 rings (SSSR count). The number of carbonyl (C=O) groups excluding carboxylic acids is 1. The SMILES string of the molecule is CCOc1cc2c(cc1OCC(=O)O)NC(=O)CC2. The fourth-order valence-electron chi connectivity index (χ4n) is 1.91. The summed E-state index contributed by atoms with van der Waals surface area (Å²) in [6, 6.07) is 3.40. The predicted octanol–water partition coefficient (Wildman–Crippen LogP) is 1.43. The fourth-order valence-corrected chi connectivity index (χ4v) is 1.91. The Morgan fingerprint density at radius 2 is 2.05 bits per heavy atom. The number of aryl methyl sites for hydroxylation is 1. The first-order chi connectivity index (χ1) is 9.10. The molecule has 1 aromatic carbocycles. The van der Waals surface area contributed by atoms with E-state index in [2.05, 4.69) is 5.32 Å². The quantitative estimate of drug-likeness (QED) is 0.841. The van der Waals surface area contributed by atoms with Gasteiger partial charge in [0.2, 0.25) is 5.91 Å². The number of carboxylic acids is 1. The molecule has 1 amide bonds. The van der Waals surface area contributed by atoms with Gasteiger partial charge in [0.05, 0.1) is 6.61 Å². The van der Waals surface area contributed by atoms with Gasteiger partial charge in [-0.05, 0) is 25.0 Å². The number of carboxylic acid groups (broad SMARTS) is 1. The van der Waals surface area contributed by atoms with Crippen LogP contribution in [0.2, 0.25) is 0 Å². The average Bonchev–Trinajstić information content (AvgIpc) is 2.36. The van der Waals surface area contributed by atoms with E-state index in [1.165, 1.54) is 0 Å². The van der Waals surface area contributed by atoms with E-state index in [0.29, 0.717) is 36.6 Å². The van der Waals surface area contributed by atoms with Crippen LogP contribution >= 0.6 is 0 Å². The molecule has 2 N–H and O–H groups in total. The molecule has 0 spiro atoms. The van der Waals surface area contributed by atoms with Crippen LogP contribution in [0.4, 0.5) is 5.69 Å². The second kappa shape index (κ2) is 5.60. The molecule has 0 aromatic heterocycles. The third kappa shape index (κ3) is 3.15. The summed E-state index contributed by atoms with van der Waals surface area (Å²) in [5.74, 6) is -0.297. The maximum absolute atomic E-state index is 11.3. The highest BCUT2D eigenvalue weighted by molar-refractivity contribution is 5.94. The molecular formula is C13H15NO5. The third-order valence-corrected chi connectivity index (χ3v) is 2.72. The normalized spacial score (nSPS) is 13.4. The standard InChI is InChI=1S/C13H15NO5/c1-2-18-10-5-8-3-4-12(15)14-9(8)6-11(10)19-7-13(16)17/h5-6H,2-4,7H2,1H3,(H,14,15)(H,16,17). The van der Waals surface area contributed by atoms with Crippen LogP contribution in [0.5, 0.6) is 11.5 Å². The molecule has 0 saturated heterocycles. The second-order valence-corrected chi connectivity index (χ2v) is 4.12. The Hall–Kier alpha value is -2.24. The molecule has 102 valence electrons. The van der Waals surface area contributed by atoms with E-state index < -0.39 is 12.6 Å². The van der Waals surface area contributed by atoms with Gasteiger partial charge in [-0.2, -0.15) is 0 Å². The van der Waals surface area contributed by atoms with Crippen molar-refractivity contribution in [3.8, 4) is 11.5 Å². The van der Waals surface area contributed by atoms with Crippen LogP contribution in [-0.2, 0) is 16.0 Å². The maximum Gasteiger partial charge on any atom is 0.341 e. The van der Waals surface area contributed by atoms with Crippen molar-refractivity contribution in [2.24, 2.45) is 0 Å². The van der Waals surface area contributed by atoms with Gasteiger partial charge in [-0.3, -0.25) is 4.79 Å². The summed E-state index contributed by atoms with van der Waals surface area (Å²) < 4.78 is 10.6. The number of anilines is 1. The molecule has 1 heterocycles. The lowest BCUT2D eigenvalue weighted by molar-refractivity contribution is -0.139. The lowest BCUT2D eigenvalue weighted by atomic mass is 10.0. The van der Waals surface area contributed by atoms with Crippen LogP contribution in [-0.4, -0.2) is 30.2 Å². The zero-order chi connectivity index (χ0) is 13.8. The van der Waals surface area contributed by atoms with Gasteiger partial charge in [0, 0.05) is 18.2 Å². The van der Waals surface area contributed by atoms with E-state index in [4.69, 9.17) is 14.6 Å². The average molecular weight is 265 g/mol. The highest BCUT2D eigenvalue weighted by Gasteiger charge is 2.19. The Morgan fingerprint density at radius 3 is 2.74 bits per heavy atom. The molecule has 0 unspecified atom stereocenters. The monoisotopic (exact) mass is 265 g/mol. The van der Waals surface area contributed by atoms with Crippen LogP contribution in [0.3, 0.4) is 0 Å². The number of ether oxygens (including phenoxy) is 2. The Kier molecular flexibility index (Phi) is 3.89. The van der Waals surface area contributed by atoms with Gasteiger partial charge < -0.3 is 19.9 Å². The summed E-state index contributed by atoms with van der Waals surface area (Å²) in [5.41, 5.74) is 1.62. The number of rotatable bonds is 5. The first kappa shape index (κ1) is 13.2. The zero-order valence-corrected chi connectivity index (χ0v) is 10.6. The molecule has 1 aliphatic heterocycles. The first-order valence-electron chi connectivity index (χ1n) is 6.04. The van der Waals surface area contributed by atoms with E-state index in [-0.39, 0.29) is 5.91 Å². The van der Waals surface area contributed by atoms with Crippen LogP contribution in [0.1, 0.15) is 18.9 Å². The smallest absolute Gasteiger partial charge is 0.341 e. The van der Waals surface area contributed by atoms with E-state index >= 15 is 0 Å². The third-order valence-electron chi connectivity index (χ3n) is 2.72. The molecule has 0 radical (unpaired) electrons. The Labute approximate surface area is 110 Å². The van der Waals surface area contributed by atoms with E-state index in [1.807, 2.05) is 6.92 Å². The van der Waals surface area contributed by atoms with Crippen molar-refractivity contribution in [3.63, 3.8) is 0 Å². The number of fused-ring (bicyclic) bond motifs is 1. The summed E-state index contributed by atoms with van der Waals surface area (Å²) in [5, 5.41) is 11.4. The summed E-state index contributed by atoms with van der Waals surface area (Å²) in [6.45, 7) is 1.84. The van der Waals surface area contributed by atoms with Crippen molar-refractivity contribution in [1.82, 2.24) is 0 Å². The van der Waals surface area contributed by atoms with Crippen molar-refractivity contribution >= 4 is 17.6 Å². The van der Waals surface area contributed by atoms with Crippen molar-refractivity contribution < 1.29 is 24.2 Å². The highest BCUT2D eigenvalue weighted by atomic mass is 16.5. The van der Waals surface area contributed by atoms with Crippen LogP contribution in [0, 0.1) is 0 Å². The molecular weight excluding hydrogens is 250 g/mol. The number of nitrogens with one attached hydrogen (secondary N) is 1. The number of hydrogen-bond acceptors (Lipinski definition) is 4. The van der Waals surface area contributed by atoms with E-state index in [1.54, 1.807) is 12.1 Å². The van der Waals surface area contributed by atoms with E-state index in [9.17, 15) is 9.59 Å². The summed E-state index contributed by atoms with van der Waals surface area (Å²) >= 11 is 0. The Balaban J connectivity index is 2.30. The van der Waals surface area contributed by atoms with Crippen molar-refractivity contribution in [2.75, 3.05) is 18.5 Å². The molecule has 6 nitrogen and oxygen atoms in total. The Morgan fingerprint density at radius 1 is 1.32 bits per heavy atom. The van der Waals surface area contributed by atoms with Crippen molar-refractivity contribution in [1.29, 1.82) is 0 Å². The summed E-state index contributed by atoms with van der Waals surface area (Å²) in [6.07, 6.45) is 1.08. The molecule has 0 bridgehead atoms. The minimum Gasteiger partial charge on any atom is -0.490 e. The first-order valence-corrected chi connectivity index (χ1v) is 6.04. The Bertz CT molecular complexity index is 512. The molecule has 1 aliphatic rings. The van der Waals surface area contributed by atoms with Gasteiger partial charge in [0.25, 0.3) is 0 Å². The molecule has 1 aromatic rings. The number of benzene rings is 1. The highest BCUT2D eigenvalue weighted by Crippen LogP contribution is 2.36. The second-order valence-electron chi connectivity index (χ2n) is 4.12. The topological polar surface area (TPSA) is 84.9 Å². The molecule has 19 heavy (non-hydrogen) atoms. The lowest BCUT2D eigenvalue weighted by Crippen LogP contribution is -2.19. The molecule has 6 heteroatoms. The van der Waals surface area contributed by atoms with Gasteiger partial charge in [-0.25, -0.2) is 4.79 Å². The number of amides is 1. The number of hydrogen-bond donors (Lipinski definition) is 2. The van der Waals surface area contributed by atoms with Gasteiger partial charge in [-0.1, -0.05) is 0 Å². The van der Waals surface area contributed by atoms with Crippen LogP contribution in [0.15, 0.2) is 12.1 Å². The van der Waals surface area contributed by atoms with E-state index in [0.717, 1.165) is 5.56 Å². The number of carbonyl (C=O) groups is 2. The summed E-state index contributed by atoms with van der Waals surface area (Å²) in [7, 11) is 0. The molecule has 0 fully saturated rings. The minimum absolute atomic E-state index is 0.0548. The predicted molar refractivity (Wildman–Crippen MR) is 67.7 cm³/mol.